The van der Waals surface area contributed by atoms with E-state index in [4.69, 9.17) is 9.15 Å². The standard InChI is InChI=1S/C23H18BrN3O4/c24-18-5-7-19(8-6-18)27-23(29)17(13-25)12-16-3-9-20(10-4-16)31-15-22(28)26-14-21-2-1-11-30-21/h1-12H,14-15H2,(H,26,28)(H,27,29)/b17-12+. The van der Waals surface area contributed by atoms with Gasteiger partial charge in [-0.3, -0.25) is 9.59 Å². The van der Waals surface area contributed by atoms with Gasteiger partial charge in [-0.2, -0.15) is 5.26 Å². The second kappa shape index (κ2) is 10.8. The number of anilines is 1. The molecule has 3 rings (SSSR count). The third-order valence-electron chi connectivity index (χ3n) is 4.07. The van der Waals surface area contributed by atoms with E-state index in [1.54, 1.807) is 60.7 Å². The first-order chi connectivity index (χ1) is 15.0. The van der Waals surface area contributed by atoms with Crippen molar-refractivity contribution in [3.63, 3.8) is 0 Å². The van der Waals surface area contributed by atoms with Gasteiger partial charge in [-0.05, 0) is 60.2 Å². The number of rotatable bonds is 8. The predicted octanol–water partition coefficient (Wildman–Crippen LogP) is 4.28. The molecule has 1 heterocycles. The lowest BCUT2D eigenvalue weighted by molar-refractivity contribution is -0.123. The number of benzene rings is 2. The maximum Gasteiger partial charge on any atom is 0.266 e. The molecule has 1 aromatic heterocycles. The summed E-state index contributed by atoms with van der Waals surface area (Å²) < 4.78 is 11.5. The number of furan rings is 1. The summed E-state index contributed by atoms with van der Waals surface area (Å²) in [5.41, 5.74) is 1.20. The number of carbonyl (C=O) groups excluding carboxylic acids is 2. The molecule has 0 saturated carbocycles. The molecule has 0 radical (unpaired) electrons. The average Bonchev–Trinajstić information content (AvgIpc) is 3.30. The lowest BCUT2D eigenvalue weighted by Crippen LogP contribution is -2.28. The zero-order valence-electron chi connectivity index (χ0n) is 16.3. The summed E-state index contributed by atoms with van der Waals surface area (Å²) in [7, 11) is 0. The van der Waals surface area contributed by atoms with Gasteiger partial charge >= 0.3 is 0 Å². The Balaban J connectivity index is 1.53. The Labute approximate surface area is 187 Å². The molecule has 0 fully saturated rings. The fraction of sp³-hybridized carbons (Fsp3) is 0.0870. The van der Waals surface area contributed by atoms with E-state index < -0.39 is 5.91 Å². The van der Waals surface area contributed by atoms with Gasteiger partial charge in [0.15, 0.2) is 6.61 Å². The number of ether oxygens (including phenoxy) is 1. The third kappa shape index (κ3) is 6.87. The minimum absolute atomic E-state index is 0.0334. The van der Waals surface area contributed by atoms with Gasteiger partial charge in [0.25, 0.3) is 11.8 Å². The van der Waals surface area contributed by atoms with E-state index >= 15 is 0 Å². The molecule has 0 spiro atoms. The van der Waals surface area contributed by atoms with Gasteiger partial charge < -0.3 is 19.8 Å². The largest absolute Gasteiger partial charge is 0.484 e. The minimum atomic E-state index is -0.502. The molecule has 0 saturated heterocycles. The van der Waals surface area contributed by atoms with Crippen molar-refractivity contribution in [2.24, 2.45) is 0 Å². The van der Waals surface area contributed by atoms with Gasteiger partial charge in [-0.15, -0.1) is 0 Å². The van der Waals surface area contributed by atoms with Crippen LogP contribution in [0.3, 0.4) is 0 Å². The fourth-order valence-electron chi connectivity index (χ4n) is 2.51. The molecule has 2 amide bonds. The summed E-state index contributed by atoms with van der Waals surface area (Å²) in [4.78, 5) is 24.2. The van der Waals surface area contributed by atoms with Crippen molar-refractivity contribution in [3.8, 4) is 11.8 Å². The molecule has 0 aliphatic rings. The summed E-state index contributed by atoms with van der Waals surface area (Å²) >= 11 is 3.33. The zero-order chi connectivity index (χ0) is 22.1. The van der Waals surface area contributed by atoms with Crippen LogP contribution in [0.25, 0.3) is 6.08 Å². The molecule has 0 aliphatic carbocycles. The minimum Gasteiger partial charge on any atom is -0.484 e. The lowest BCUT2D eigenvalue weighted by Gasteiger charge is -2.07. The van der Waals surface area contributed by atoms with Crippen molar-refractivity contribution in [2.75, 3.05) is 11.9 Å². The Kier molecular flexibility index (Phi) is 7.62. The first kappa shape index (κ1) is 21.9. The second-order valence-corrected chi connectivity index (χ2v) is 7.26. The molecule has 0 atom stereocenters. The number of amides is 2. The topological polar surface area (TPSA) is 104 Å². The Morgan fingerprint density at radius 1 is 1.10 bits per heavy atom. The fourth-order valence-corrected chi connectivity index (χ4v) is 2.77. The van der Waals surface area contributed by atoms with Gasteiger partial charge in [0.05, 0.1) is 12.8 Å². The van der Waals surface area contributed by atoms with E-state index in [0.717, 1.165) is 4.47 Å². The van der Waals surface area contributed by atoms with Crippen molar-refractivity contribution < 1.29 is 18.7 Å². The van der Waals surface area contributed by atoms with Gasteiger partial charge in [-0.25, -0.2) is 0 Å². The Morgan fingerprint density at radius 3 is 2.48 bits per heavy atom. The first-order valence-corrected chi connectivity index (χ1v) is 10.0. The number of nitrogens with zero attached hydrogens (tertiary/aromatic N) is 1. The normalized spacial score (nSPS) is 10.8. The molecular weight excluding hydrogens is 462 g/mol. The van der Waals surface area contributed by atoms with Crippen molar-refractivity contribution >= 4 is 39.5 Å². The highest BCUT2D eigenvalue weighted by Crippen LogP contribution is 2.17. The average molecular weight is 480 g/mol. The molecule has 7 nitrogen and oxygen atoms in total. The first-order valence-electron chi connectivity index (χ1n) is 9.24. The molecule has 0 aliphatic heterocycles. The lowest BCUT2D eigenvalue weighted by atomic mass is 10.1. The number of nitrogens with one attached hydrogen (secondary N) is 2. The van der Waals surface area contributed by atoms with Crippen LogP contribution in [-0.2, 0) is 16.1 Å². The number of nitriles is 1. The summed E-state index contributed by atoms with van der Waals surface area (Å²) in [5.74, 6) is 0.361. The SMILES string of the molecule is N#C/C(=C\c1ccc(OCC(=O)NCc2ccco2)cc1)C(=O)Nc1ccc(Br)cc1. The van der Waals surface area contributed by atoms with Crippen LogP contribution in [0.4, 0.5) is 5.69 Å². The summed E-state index contributed by atoms with van der Waals surface area (Å²) in [5, 5.41) is 14.7. The summed E-state index contributed by atoms with van der Waals surface area (Å²) in [6.45, 7) is 0.146. The van der Waals surface area contributed by atoms with E-state index in [9.17, 15) is 14.9 Å². The highest BCUT2D eigenvalue weighted by Gasteiger charge is 2.10. The maximum absolute atomic E-state index is 12.3. The summed E-state index contributed by atoms with van der Waals surface area (Å²) in [6, 6.07) is 19.2. The van der Waals surface area contributed by atoms with E-state index in [1.165, 1.54) is 12.3 Å². The number of hydrogen-bond acceptors (Lipinski definition) is 5. The van der Waals surface area contributed by atoms with Crippen LogP contribution in [-0.4, -0.2) is 18.4 Å². The Hall–Kier alpha value is -3.83. The van der Waals surface area contributed by atoms with Crippen molar-refractivity contribution in [1.29, 1.82) is 5.26 Å². The molecule has 156 valence electrons. The molecule has 2 aromatic carbocycles. The van der Waals surface area contributed by atoms with Crippen molar-refractivity contribution in [3.05, 3.63) is 88.3 Å². The van der Waals surface area contributed by atoms with Crippen molar-refractivity contribution in [1.82, 2.24) is 5.32 Å². The molecule has 0 unspecified atom stereocenters. The van der Waals surface area contributed by atoms with Gasteiger partial charge in [0, 0.05) is 10.2 Å². The van der Waals surface area contributed by atoms with Gasteiger partial charge in [-0.1, -0.05) is 28.1 Å². The Morgan fingerprint density at radius 2 is 1.84 bits per heavy atom. The maximum atomic E-state index is 12.3. The highest BCUT2D eigenvalue weighted by molar-refractivity contribution is 9.10. The van der Waals surface area contributed by atoms with Crippen LogP contribution in [0, 0.1) is 11.3 Å². The van der Waals surface area contributed by atoms with Gasteiger partial charge in [0.1, 0.15) is 23.2 Å². The molecule has 3 aromatic rings. The smallest absolute Gasteiger partial charge is 0.266 e. The number of carbonyl (C=O) groups is 2. The van der Waals surface area contributed by atoms with Crippen LogP contribution in [0.1, 0.15) is 11.3 Å². The number of halogens is 1. The van der Waals surface area contributed by atoms with Crippen LogP contribution in [0.2, 0.25) is 0 Å². The zero-order valence-corrected chi connectivity index (χ0v) is 17.9. The number of hydrogen-bond donors (Lipinski definition) is 2. The quantitative estimate of drug-likeness (QED) is 0.370. The summed E-state index contributed by atoms with van der Waals surface area (Å²) in [6.07, 6.45) is 3.02. The van der Waals surface area contributed by atoms with Crippen LogP contribution in [0.15, 0.2) is 81.4 Å². The molecule has 0 bridgehead atoms. The van der Waals surface area contributed by atoms with Crippen LogP contribution < -0.4 is 15.4 Å². The second-order valence-electron chi connectivity index (χ2n) is 6.34. The molecular formula is C23H18BrN3O4. The predicted molar refractivity (Wildman–Crippen MR) is 119 cm³/mol. The van der Waals surface area contributed by atoms with E-state index in [1.807, 2.05) is 6.07 Å². The molecule has 2 N–H and O–H groups in total. The molecule has 31 heavy (non-hydrogen) atoms. The highest BCUT2D eigenvalue weighted by atomic mass is 79.9. The molecule has 8 heteroatoms. The monoisotopic (exact) mass is 479 g/mol. The Bertz CT molecular complexity index is 1100. The van der Waals surface area contributed by atoms with E-state index in [0.29, 0.717) is 22.8 Å². The van der Waals surface area contributed by atoms with Crippen LogP contribution in [0.5, 0.6) is 5.75 Å². The van der Waals surface area contributed by atoms with Crippen molar-refractivity contribution in [2.45, 2.75) is 6.54 Å². The van der Waals surface area contributed by atoms with E-state index in [-0.39, 0.29) is 24.6 Å². The van der Waals surface area contributed by atoms with E-state index in [2.05, 4.69) is 26.6 Å². The van der Waals surface area contributed by atoms with Gasteiger partial charge in [0.2, 0.25) is 0 Å². The van der Waals surface area contributed by atoms with Crippen LogP contribution >= 0.6 is 15.9 Å². The third-order valence-corrected chi connectivity index (χ3v) is 4.60.